The molecular weight excluding hydrogens is 386 g/mol. The maximum Gasteiger partial charge on any atom is 0.351 e. The molecule has 1 aliphatic heterocycles. The third-order valence-electron chi connectivity index (χ3n) is 4.18. The van der Waals surface area contributed by atoms with Crippen LogP contribution in [0.2, 0.25) is 0 Å². The topological polar surface area (TPSA) is 149 Å². The third-order valence-corrected chi connectivity index (χ3v) is 4.18. The highest BCUT2D eigenvalue weighted by Crippen LogP contribution is 2.43. The molecule has 2 N–H and O–H groups in total. The molecule has 0 spiro atoms. The van der Waals surface area contributed by atoms with Crippen molar-refractivity contribution < 1.29 is 33.3 Å². The van der Waals surface area contributed by atoms with Crippen molar-refractivity contribution >= 4 is 23.7 Å². The van der Waals surface area contributed by atoms with Gasteiger partial charge in [0, 0.05) is 33.4 Å². The van der Waals surface area contributed by atoms with E-state index >= 15 is 0 Å². The van der Waals surface area contributed by atoms with Crippen molar-refractivity contribution in [1.29, 1.82) is 0 Å². The van der Waals surface area contributed by atoms with Crippen LogP contribution in [-0.2, 0) is 33.3 Å². The molecule has 0 aliphatic carbocycles. The second-order valence-corrected chi connectivity index (χ2v) is 6.49. The van der Waals surface area contributed by atoms with Gasteiger partial charge in [0.2, 0.25) is 0 Å². The zero-order chi connectivity index (χ0) is 21.8. The van der Waals surface area contributed by atoms with Crippen LogP contribution < -0.4 is 11.4 Å². The van der Waals surface area contributed by atoms with Crippen LogP contribution in [0.4, 0.5) is 5.82 Å². The summed E-state index contributed by atoms with van der Waals surface area (Å²) in [5, 5.41) is 0. The molecule has 0 saturated carbocycles. The molecule has 2 unspecified atom stereocenters. The van der Waals surface area contributed by atoms with Gasteiger partial charge in [-0.3, -0.25) is 19.0 Å². The number of carbonyl (C=O) groups excluding carboxylic acids is 3. The molecule has 0 aromatic carbocycles. The summed E-state index contributed by atoms with van der Waals surface area (Å²) in [6.45, 7) is 6.85. The Hall–Kier alpha value is -3.21. The highest BCUT2D eigenvalue weighted by Gasteiger charge is 2.60. The Morgan fingerprint density at radius 1 is 1.28 bits per heavy atom. The summed E-state index contributed by atoms with van der Waals surface area (Å²) in [4.78, 5) is 50.9. The van der Waals surface area contributed by atoms with E-state index in [1.165, 1.54) is 32.2 Å². The SMILES string of the molecule is C=CC[C@]1(COC(C)=O)O[C@@H](n2ccc(N)nc2=O)C(OC(C)=O)C1OC(C)=O. The van der Waals surface area contributed by atoms with Crippen molar-refractivity contribution in [3.05, 3.63) is 35.4 Å². The monoisotopic (exact) mass is 409 g/mol. The van der Waals surface area contributed by atoms with E-state index in [-0.39, 0.29) is 18.8 Å². The van der Waals surface area contributed by atoms with Gasteiger partial charge in [-0.1, -0.05) is 6.08 Å². The zero-order valence-corrected chi connectivity index (χ0v) is 16.3. The lowest BCUT2D eigenvalue weighted by Crippen LogP contribution is -2.50. The van der Waals surface area contributed by atoms with Crippen molar-refractivity contribution in [2.75, 3.05) is 12.3 Å². The lowest BCUT2D eigenvalue weighted by molar-refractivity contribution is -0.177. The second kappa shape index (κ2) is 8.86. The molecule has 1 saturated heterocycles. The average molecular weight is 409 g/mol. The largest absolute Gasteiger partial charge is 0.463 e. The van der Waals surface area contributed by atoms with Gasteiger partial charge in [0.15, 0.2) is 18.4 Å². The van der Waals surface area contributed by atoms with E-state index in [4.69, 9.17) is 24.7 Å². The maximum atomic E-state index is 12.4. The van der Waals surface area contributed by atoms with Gasteiger partial charge in [0.1, 0.15) is 18.0 Å². The van der Waals surface area contributed by atoms with Gasteiger partial charge in [0.25, 0.3) is 0 Å². The van der Waals surface area contributed by atoms with Crippen LogP contribution in [0.3, 0.4) is 0 Å². The van der Waals surface area contributed by atoms with Gasteiger partial charge in [-0.25, -0.2) is 4.79 Å². The van der Waals surface area contributed by atoms with Crippen LogP contribution in [0.15, 0.2) is 29.7 Å². The summed E-state index contributed by atoms with van der Waals surface area (Å²) >= 11 is 0. The zero-order valence-electron chi connectivity index (χ0n) is 16.3. The van der Waals surface area contributed by atoms with E-state index < -0.39 is 47.6 Å². The highest BCUT2D eigenvalue weighted by molar-refractivity contribution is 5.68. The molecule has 158 valence electrons. The first kappa shape index (κ1) is 22.1. The molecule has 1 aliphatic rings. The number of ether oxygens (including phenoxy) is 4. The summed E-state index contributed by atoms with van der Waals surface area (Å²) in [6, 6.07) is 1.36. The minimum atomic E-state index is -1.45. The Morgan fingerprint density at radius 3 is 2.45 bits per heavy atom. The summed E-state index contributed by atoms with van der Waals surface area (Å²) < 4.78 is 23.0. The summed E-state index contributed by atoms with van der Waals surface area (Å²) in [5.41, 5.74) is 3.30. The van der Waals surface area contributed by atoms with Crippen LogP contribution in [-0.4, -0.2) is 51.9 Å². The molecule has 2 heterocycles. The first-order valence-electron chi connectivity index (χ1n) is 8.71. The molecule has 1 fully saturated rings. The quantitative estimate of drug-likeness (QED) is 0.373. The summed E-state index contributed by atoms with van der Waals surface area (Å²) in [5.74, 6) is -1.99. The van der Waals surface area contributed by atoms with E-state index in [1.54, 1.807) is 0 Å². The van der Waals surface area contributed by atoms with Gasteiger partial charge in [0.05, 0.1) is 0 Å². The van der Waals surface area contributed by atoms with Crippen molar-refractivity contribution in [3.63, 3.8) is 0 Å². The molecule has 0 bridgehead atoms. The van der Waals surface area contributed by atoms with Crippen molar-refractivity contribution in [2.24, 2.45) is 0 Å². The van der Waals surface area contributed by atoms with Crippen LogP contribution in [0.5, 0.6) is 0 Å². The predicted octanol–water partition coefficient (Wildman–Crippen LogP) is 0.0957. The minimum absolute atomic E-state index is 0.0120. The molecule has 4 atom stereocenters. The van der Waals surface area contributed by atoms with Crippen LogP contribution >= 0.6 is 0 Å². The van der Waals surface area contributed by atoms with E-state index in [9.17, 15) is 19.2 Å². The van der Waals surface area contributed by atoms with Gasteiger partial charge in [-0.2, -0.15) is 4.98 Å². The third kappa shape index (κ3) is 4.99. The summed E-state index contributed by atoms with van der Waals surface area (Å²) in [7, 11) is 0. The molecule has 2 rings (SSSR count). The van der Waals surface area contributed by atoms with Crippen LogP contribution in [0.1, 0.15) is 33.4 Å². The fraction of sp³-hybridized carbons (Fsp3) is 0.500. The number of rotatable bonds is 7. The fourth-order valence-corrected chi connectivity index (χ4v) is 3.13. The Morgan fingerprint density at radius 2 is 1.93 bits per heavy atom. The fourth-order valence-electron chi connectivity index (χ4n) is 3.13. The number of anilines is 1. The molecular formula is C18H23N3O8. The Bertz CT molecular complexity index is 867. The minimum Gasteiger partial charge on any atom is -0.463 e. The van der Waals surface area contributed by atoms with E-state index in [1.807, 2.05) is 0 Å². The maximum absolute atomic E-state index is 12.4. The predicted molar refractivity (Wildman–Crippen MR) is 98.3 cm³/mol. The van der Waals surface area contributed by atoms with Crippen molar-refractivity contribution in [2.45, 2.75) is 51.2 Å². The smallest absolute Gasteiger partial charge is 0.351 e. The van der Waals surface area contributed by atoms with Gasteiger partial charge in [-0.05, 0) is 6.07 Å². The molecule has 11 nitrogen and oxygen atoms in total. The Labute approximate surface area is 166 Å². The molecule has 0 amide bonds. The summed E-state index contributed by atoms with van der Waals surface area (Å²) in [6.07, 6.45) is -0.807. The first-order chi connectivity index (χ1) is 13.6. The number of esters is 3. The lowest BCUT2D eigenvalue weighted by atomic mass is 9.92. The first-order valence-corrected chi connectivity index (χ1v) is 8.71. The van der Waals surface area contributed by atoms with Crippen LogP contribution in [0, 0.1) is 0 Å². The number of hydrogen-bond acceptors (Lipinski definition) is 10. The van der Waals surface area contributed by atoms with E-state index in [0.717, 1.165) is 11.5 Å². The van der Waals surface area contributed by atoms with Gasteiger partial charge in [-0.15, -0.1) is 6.58 Å². The van der Waals surface area contributed by atoms with Gasteiger partial charge < -0.3 is 24.7 Å². The molecule has 0 radical (unpaired) electrons. The van der Waals surface area contributed by atoms with E-state index in [2.05, 4.69) is 11.6 Å². The molecule has 1 aromatic heterocycles. The normalized spacial score (nSPS) is 25.8. The number of aromatic nitrogens is 2. The van der Waals surface area contributed by atoms with Crippen molar-refractivity contribution in [3.8, 4) is 0 Å². The molecule has 29 heavy (non-hydrogen) atoms. The lowest BCUT2D eigenvalue weighted by Gasteiger charge is -2.32. The number of nitrogens with zero attached hydrogens (tertiary/aromatic N) is 2. The molecule has 1 aromatic rings. The number of nitrogens with two attached hydrogens (primary N) is 1. The number of carbonyl (C=O) groups is 3. The Balaban J connectivity index is 2.60. The standard InChI is InChI=1S/C18H23N3O8/c1-5-7-18(9-26-10(2)22)15(28-12(4)24)14(27-11(3)23)16(29-18)21-8-6-13(19)20-17(21)25/h5-6,8,14-16H,1,7,9H2,2-4H3,(H2,19,20,25)/t14?,15?,16-,18-/m1/s1. The van der Waals surface area contributed by atoms with Crippen molar-refractivity contribution in [1.82, 2.24) is 9.55 Å². The highest BCUT2D eigenvalue weighted by atomic mass is 16.7. The molecule has 11 heteroatoms. The second-order valence-electron chi connectivity index (χ2n) is 6.49. The van der Waals surface area contributed by atoms with E-state index in [0.29, 0.717) is 0 Å². The number of hydrogen-bond donors (Lipinski definition) is 1. The average Bonchev–Trinajstić information content (AvgIpc) is 2.87. The Kier molecular flexibility index (Phi) is 6.75. The van der Waals surface area contributed by atoms with Crippen LogP contribution in [0.25, 0.3) is 0 Å². The van der Waals surface area contributed by atoms with Gasteiger partial charge >= 0.3 is 23.6 Å². The number of nitrogen functional groups attached to an aromatic ring is 1.